The fourth-order valence-electron chi connectivity index (χ4n) is 1.07. The Kier molecular flexibility index (Phi) is 4.05. The highest BCUT2D eigenvalue weighted by Crippen LogP contribution is 2.09. The summed E-state index contributed by atoms with van der Waals surface area (Å²) >= 11 is 4.92. The molecule has 3 N–H and O–H groups in total. The lowest BCUT2D eigenvalue weighted by atomic mass is 10.1. The number of anilines is 1. The summed E-state index contributed by atoms with van der Waals surface area (Å²) in [7, 11) is 1.73. The number of rotatable bonds is 3. The quantitative estimate of drug-likeness (QED) is 0.674. The molecular weight excluding hydrogens is 212 g/mol. The SMILES string of the molecule is CNC(=S)Nc1ccc(CC(=O)O)cc1. The van der Waals surface area contributed by atoms with Crippen molar-refractivity contribution in [2.45, 2.75) is 6.42 Å². The van der Waals surface area contributed by atoms with E-state index in [1.165, 1.54) is 0 Å². The van der Waals surface area contributed by atoms with E-state index in [4.69, 9.17) is 17.3 Å². The van der Waals surface area contributed by atoms with Crippen LogP contribution in [0, 0.1) is 0 Å². The number of hydrogen-bond donors (Lipinski definition) is 3. The lowest BCUT2D eigenvalue weighted by Gasteiger charge is -2.07. The third kappa shape index (κ3) is 3.95. The average Bonchev–Trinajstić information content (AvgIpc) is 2.20. The molecule has 1 aromatic carbocycles. The maximum Gasteiger partial charge on any atom is 0.307 e. The lowest BCUT2D eigenvalue weighted by Crippen LogP contribution is -2.24. The monoisotopic (exact) mass is 224 g/mol. The minimum Gasteiger partial charge on any atom is -0.481 e. The molecule has 0 heterocycles. The molecule has 15 heavy (non-hydrogen) atoms. The first kappa shape index (κ1) is 11.5. The molecule has 0 amide bonds. The number of carboxylic acid groups (broad SMARTS) is 1. The Hall–Kier alpha value is -1.62. The van der Waals surface area contributed by atoms with Crippen LogP contribution in [-0.4, -0.2) is 23.2 Å². The van der Waals surface area contributed by atoms with Crippen molar-refractivity contribution in [1.29, 1.82) is 0 Å². The van der Waals surface area contributed by atoms with Gasteiger partial charge in [0.15, 0.2) is 5.11 Å². The number of nitrogens with one attached hydrogen (secondary N) is 2. The number of thiocarbonyl (C=S) groups is 1. The second-order valence-corrected chi connectivity index (χ2v) is 3.38. The van der Waals surface area contributed by atoms with Crippen LogP contribution in [-0.2, 0) is 11.2 Å². The van der Waals surface area contributed by atoms with Gasteiger partial charge in [-0.25, -0.2) is 0 Å². The molecule has 0 aliphatic carbocycles. The van der Waals surface area contributed by atoms with Crippen molar-refractivity contribution in [3.63, 3.8) is 0 Å². The molecule has 0 aliphatic rings. The predicted octanol–water partition coefficient (Wildman–Crippen LogP) is 1.23. The summed E-state index contributed by atoms with van der Waals surface area (Å²) in [5, 5.41) is 14.8. The van der Waals surface area contributed by atoms with Gasteiger partial charge in [-0.3, -0.25) is 4.79 Å². The maximum atomic E-state index is 10.4. The van der Waals surface area contributed by atoms with E-state index >= 15 is 0 Å². The number of carboxylic acids is 1. The zero-order valence-corrected chi connectivity index (χ0v) is 9.10. The summed E-state index contributed by atoms with van der Waals surface area (Å²) in [5.41, 5.74) is 1.60. The number of hydrogen-bond acceptors (Lipinski definition) is 2. The third-order valence-corrected chi connectivity index (χ3v) is 2.10. The highest BCUT2D eigenvalue weighted by molar-refractivity contribution is 7.80. The van der Waals surface area contributed by atoms with Crippen LogP contribution in [0.15, 0.2) is 24.3 Å². The van der Waals surface area contributed by atoms with E-state index < -0.39 is 5.97 Å². The highest BCUT2D eigenvalue weighted by atomic mass is 32.1. The number of benzene rings is 1. The Labute approximate surface area is 93.3 Å². The van der Waals surface area contributed by atoms with Crippen molar-refractivity contribution >= 4 is 29.0 Å². The van der Waals surface area contributed by atoms with E-state index in [2.05, 4.69) is 10.6 Å². The molecule has 0 aliphatic heterocycles. The van der Waals surface area contributed by atoms with Gasteiger partial charge in [0.2, 0.25) is 0 Å². The average molecular weight is 224 g/mol. The molecule has 0 aromatic heterocycles. The van der Waals surface area contributed by atoms with Crippen LogP contribution in [0.1, 0.15) is 5.56 Å². The molecule has 0 bridgehead atoms. The molecule has 0 unspecified atom stereocenters. The molecule has 0 spiro atoms. The van der Waals surface area contributed by atoms with Crippen LogP contribution in [0.3, 0.4) is 0 Å². The number of aliphatic carboxylic acids is 1. The van der Waals surface area contributed by atoms with Crippen molar-refractivity contribution in [3.05, 3.63) is 29.8 Å². The first-order chi connectivity index (χ1) is 7.11. The number of carbonyl (C=O) groups is 1. The predicted molar refractivity (Wildman–Crippen MR) is 63.1 cm³/mol. The van der Waals surface area contributed by atoms with Gasteiger partial charge in [0.25, 0.3) is 0 Å². The Morgan fingerprint density at radius 3 is 2.47 bits per heavy atom. The molecule has 0 saturated heterocycles. The van der Waals surface area contributed by atoms with Gasteiger partial charge in [-0.1, -0.05) is 12.1 Å². The first-order valence-corrected chi connectivity index (χ1v) is 4.82. The highest BCUT2D eigenvalue weighted by Gasteiger charge is 2.00. The summed E-state index contributed by atoms with van der Waals surface area (Å²) < 4.78 is 0. The topological polar surface area (TPSA) is 61.4 Å². The summed E-state index contributed by atoms with van der Waals surface area (Å²) in [6.45, 7) is 0. The fraction of sp³-hybridized carbons (Fsp3) is 0.200. The molecule has 1 aromatic rings. The van der Waals surface area contributed by atoms with E-state index in [9.17, 15) is 4.79 Å². The minimum absolute atomic E-state index is 0.0384. The van der Waals surface area contributed by atoms with Gasteiger partial charge in [-0.2, -0.15) is 0 Å². The van der Waals surface area contributed by atoms with Gasteiger partial charge in [0.1, 0.15) is 0 Å². The molecule has 5 heteroatoms. The second kappa shape index (κ2) is 5.31. The van der Waals surface area contributed by atoms with E-state index in [-0.39, 0.29) is 6.42 Å². The fourth-order valence-corrected chi connectivity index (χ4v) is 1.19. The molecule has 0 radical (unpaired) electrons. The summed E-state index contributed by atoms with van der Waals surface area (Å²) in [6, 6.07) is 7.10. The van der Waals surface area contributed by atoms with Crippen LogP contribution < -0.4 is 10.6 Å². The maximum absolute atomic E-state index is 10.4. The van der Waals surface area contributed by atoms with E-state index in [0.29, 0.717) is 5.11 Å². The molecular formula is C10H12N2O2S. The van der Waals surface area contributed by atoms with Crippen molar-refractivity contribution < 1.29 is 9.90 Å². The van der Waals surface area contributed by atoms with Crippen molar-refractivity contribution in [2.75, 3.05) is 12.4 Å². The van der Waals surface area contributed by atoms with Gasteiger partial charge in [0.05, 0.1) is 6.42 Å². The zero-order valence-electron chi connectivity index (χ0n) is 8.28. The molecule has 0 saturated carbocycles. The van der Waals surface area contributed by atoms with Crippen LogP contribution in [0.4, 0.5) is 5.69 Å². The van der Waals surface area contributed by atoms with E-state index in [1.54, 1.807) is 31.3 Å². The van der Waals surface area contributed by atoms with Crippen LogP contribution in [0.25, 0.3) is 0 Å². The van der Waals surface area contributed by atoms with Gasteiger partial charge < -0.3 is 15.7 Å². The molecule has 80 valence electrons. The van der Waals surface area contributed by atoms with E-state index in [0.717, 1.165) is 11.3 Å². The van der Waals surface area contributed by atoms with Crippen LogP contribution in [0.2, 0.25) is 0 Å². The van der Waals surface area contributed by atoms with Crippen molar-refractivity contribution in [2.24, 2.45) is 0 Å². The normalized spacial score (nSPS) is 9.40. The largest absolute Gasteiger partial charge is 0.481 e. The van der Waals surface area contributed by atoms with Gasteiger partial charge in [-0.15, -0.1) is 0 Å². The first-order valence-electron chi connectivity index (χ1n) is 4.41. The van der Waals surface area contributed by atoms with Gasteiger partial charge in [-0.05, 0) is 29.9 Å². The summed E-state index contributed by atoms with van der Waals surface area (Å²) in [6.07, 6.45) is 0.0384. The Morgan fingerprint density at radius 1 is 1.40 bits per heavy atom. The van der Waals surface area contributed by atoms with E-state index in [1.807, 2.05) is 0 Å². The Bertz CT molecular complexity index is 362. The smallest absolute Gasteiger partial charge is 0.307 e. The molecule has 4 nitrogen and oxygen atoms in total. The van der Waals surface area contributed by atoms with Gasteiger partial charge >= 0.3 is 5.97 Å². The van der Waals surface area contributed by atoms with Crippen LogP contribution in [0.5, 0.6) is 0 Å². The second-order valence-electron chi connectivity index (χ2n) is 2.97. The summed E-state index contributed by atoms with van der Waals surface area (Å²) in [5.74, 6) is -0.832. The van der Waals surface area contributed by atoms with Gasteiger partial charge in [0, 0.05) is 12.7 Å². The molecule has 0 fully saturated rings. The standard InChI is InChI=1S/C10H12N2O2S/c1-11-10(15)12-8-4-2-7(3-5-8)6-9(13)14/h2-5H,6H2,1H3,(H,13,14)(H2,11,12,15). The third-order valence-electron chi connectivity index (χ3n) is 1.79. The van der Waals surface area contributed by atoms with Crippen molar-refractivity contribution in [1.82, 2.24) is 5.32 Å². The summed E-state index contributed by atoms with van der Waals surface area (Å²) in [4.78, 5) is 10.4. The lowest BCUT2D eigenvalue weighted by molar-refractivity contribution is -0.136. The Balaban J connectivity index is 2.64. The molecule has 1 rings (SSSR count). The molecule has 0 atom stereocenters. The van der Waals surface area contributed by atoms with Crippen LogP contribution >= 0.6 is 12.2 Å². The minimum atomic E-state index is -0.832. The van der Waals surface area contributed by atoms with Crippen molar-refractivity contribution in [3.8, 4) is 0 Å². The Morgan fingerprint density at radius 2 is 2.00 bits per heavy atom. The zero-order chi connectivity index (χ0) is 11.3.